The molecule has 0 saturated carbocycles. The van der Waals surface area contributed by atoms with Crippen LogP contribution < -0.4 is 11.2 Å². The number of hydrogen-bond acceptors (Lipinski definition) is 3. The maximum absolute atomic E-state index is 11.0. The zero-order valence-electron chi connectivity index (χ0n) is 5.79. The summed E-state index contributed by atoms with van der Waals surface area (Å²) in [4.78, 5) is 26.3. The van der Waals surface area contributed by atoms with Crippen molar-refractivity contribution in [1.82, 2.24) is 9.97 Å². The molecule has 0 atom stereocenters. The quantitative estimate of drug-likeness (QED) is 0.727. The average molecular weight is 249 g/mol. The van der Waals surface area contributed by atoms with Crippen molar-refractivity contribution in [3.63, 3.8) is 0 Å². The molecule has 0 fully saturated rings. The molecule has 2 aromatic rings. The molecule has 0 saturated heterocycles. The van der Waals surface area contributed by atoms with Crippen LogP contribution >= 0.6 is 28.3 Å². The zero-order chi connectivity index (χ0) is 7.84. The molecule has 64 valence electrons. The Morgan fingerprint density at radius 3 is 2.75 bits per heavy atom. The summed E-state index contributed by atoms with van der Waals surface area (Å²) >= 11 is 1.31. The van der Waals surface area contributed by atoms with Gasteiger partial charge in [0.1, 0.15) is 4.70 Å². The van der Waals surface area contributed by atoms with Crippen molar-refractivity contribution in [3.05, 3.63) is 32.3 Å². The number of aromatic nitrogens is 2. The highest BCUT2D eigenvalue weighted by molar-refractivity contribution is 8.93. The van der Waals surface area contributed by atoms with E-state index in [0.717, 1.165) is 0 Å². The first-order valence-corrected chi connectivity index (χ1v) is 3.85. The smallest absolute Gasteiger partial charge is 0.306 e. The van der Waals surface area contributed by atoms with E-state index >= 15 is 0 Å². The molecular weight excluding hydrogens is 244 g/mol. The fourth-order valence-corrected chi connectivity index (χ4v) is 1.64. The molecule has 0 aliphatic carbocycles. The van der Waals surface area contributed by atoms with Crippen LogP contribution in [0.3, 0.4) is 0 Å². The van der Waals surface area contributed by atoms with Crippen molar-refractivity contribution < 1.29 is 0 Å². The molecule has 0 spiro atoms. The third kappa shape index (κ3) is 1.35. The molecule has 2 rings (SSSR count). The lowest BCUT2D eigenvalue weighted by molar-refractivity contribution is 1.09. The normalized spacial score (nSPS) is 9.67. The van der Waals surface area contributed by atoms with E-state index in [1.165, 1.54) is 11.3 Å². The first-order valence-electron chi connectivity index (χ1n) is 2.97. The molecule has 2 N–H and O–H groups in total. The van der Waals surface area contributed by atoms with E-state index < -0.39 is 5.69 Å². The Labute approximate surface area is 81.0 Å². The van der Waals surface area contributed by atoms with Crippen LogP contribution in [0.15, 0.2) is 21.0 Å². The van der Waals surface area contributed by atoms with Crippen molar-refractivity contribution in [2.24, 2.45) is 0 Å². The summed E-state index contributed by atoms with van der Waals surface area (Å²) in [5, 5.41) is 1.76. The van der Waals surface area contributed by atoms with Crippen molar-refractivity contribution in [1.29, 1.82) is 0 Å². The molecule has 0 aliphatic heterocycles. The van der Waals surface area contributed by atoms with Crippen molar-refractivity contribution in [2.75, 3.05) is 0 Å². The van der Waals surface area contributed by atoms with Crippen LogP contribution in [0.1, 0.15) is 0 Å². The summed E-state index contributed by atoms with van der Waals surface area (Å²) in [6.07, 6.45) is 0. The van der Waals surface area contributed by atoms with Gasteiger partial charge in [-0.15, -0.1) is 28.3 Å². The van der Waals surface area contributed by atoms with Gasteiger partial charge in [0.05, 0.1) is 5.52 Å². The number of fused-ring (bicyclic) bond motifs is 1. The number of thiophene rings is 1. The van der Waals surface area contributed by atoms with E-state index in [4.69, 9.17) is 0 Å². The highest BCUT2D eigenvalue weighted by Crippen LogP contribution is 2.10. The number of hydrogen-bond donors (Lipinski definition) is 2. The number of rotatable bonds is 0. The predicted molar refractivity (Wildman–Crippen MR) is 53.4 cm³/mol. The van der Waals surface area contributed by atoms with Gasteiger partial charge < -0.3 is 4.98 Å². The number of aromatic amines is 2. The molecule has 0 aromatic carbocycles. The van der Waals surface area contributed by atoms with Gasteiger partial charge in [0.2, 0.25) is 0 Å². The summed E-state index contributed by atoms with van der Waals surface area (Å²) in [5.41, 5.74) is -0.177. The SMILES string of the molecule is Br.O=c1[nH]c(=O)c2sccc2[nH]1. The Morgan fingerprint density at radius 1 is 1.25 bits per heavy atom. The average Bonchev–Trinajstić information content (AvgIpc) is 2.34. The van der Waals surface area contributed by atoms with Gasteiger partial charge in [0.15, 0.2) is 0 Å². The lowest BCUT2D eigenvalue weighted by Crippen LogP contribution is -2.20. The van der Waals surface area contributed by atoms with Crippen LogP contribution in [-0.4, -0.2) is 9.97 Å². The second kappa shape index (κ2) is 3.24. The number of halogens is 1. The summed E-state index contributed by atoms with van der Waals surface area (Å²) in [7, 11) is 0. The summed E-state index contributed by atoms with van der Waals surface area (Å²) in [5.74, 6) is 0. The maximum Gasteiger partial charge on any atom is 0.326 e. The molecule has 0 amide bonds. The minimum absolute atomic E-state index is 0. The second-order valence-electron chi connectivity index (χ2n) is 2.07. The van der Waals surface area contributed by atoms with Crippen LogP contribution in [0.2, 0.25) is 0 Å². The summed E-state index contributed by atoms with van der Waals surface area (Å²) in [6, 6.07) is 1.70. The monoisotopic (exact) mass is 248 g/mol. The second-order valence-corrected chi connectivity index (χ2v) is 2.99. The van der Waals surface area contributed by atoms with Gasteiger partial charge in [-0.1, -0.05) is 0 Å². The minimum Gasteiger partial charge on any atom is -0.306 e. The van der Waals surface area contributed by atoms with Gasteiger partial charge in [-0.2, -0.15) is 0 Å². The van der Waals surface area contributed by atoms with Crippen LogP contribution in [0.25, 0.3) is 10.2 Å². The molecule has 0 aliphatic rings. The third-order valence-corrected chi connectivity index (χ3v) is 2.26. The zero-order valence-corrected chi connectivity index (χ0v) is 8.32. The highest BCUT2D eigenvalue weighted by atomic mass is 79.9. The van der Waals surface area contributed by atoms with E-state index in [2.05, 4.69) is 9.97 Å². The summed E-state index contributed by atoms with van der Waals surface area (Å²) in [6.45, 7) is 0. The standard InChI is InChI=1S/C6H4N2O2S.BrH/c9-5-4-3(1-2-11-4)7-6(10)8-5;/h1-2H,(H2,7,8,9,10);1H. The Bertz CT molecular complexity index is 498. The molecular formula is C6H5BrN2O2S. The van der Waals surface area contributed by atoms with E-state index in [-0.39, 0.29) is 22.5 Å². The lowest BCUT2D eigenvalue weighted by atomic mass is 10.5. The number of nitrogens with one attached hydrogen (secondary N) is 2. The van der Waals surface area contributed by atoms with E-state index in [0.29, 0.717) is 10.2 Å². The van der Waals surface area contributed by atoms with Gasteiger partial charge >= 0.3 is 5.69 Å². The van der Waals surface area contributed by atoms with Crippen LogP contribution in [-0.2, 0) is 0 Å². The maximum atomic E-state index is 11.0. The summed E-state index contributed by atoms with van der Waals surface area (Å²) < 4.78 is 0.560. The topological polar surface area (TPSA) is 65.7 Å². The fourth-order valence-electron chi connectivity index (χ4n) is 0.897. The molecule has 4 nitrogen and oxygen atoms in total. The molecule has 0 radical (unpaired) electrons. The van der Waals surface area contributed by atoms with Gasteiger partial charge in [0, 0.05) is 0 Å². The predicted octanol–water partition coefficient (Wildman–Crippen LogP) is 0.856. The van der Waals surface area contributed by atoms with Gasteiger partial charge in [-0.25, -0.2) is 4.79 Å². The van der Waals surface area contributed by atoms with Crippen molar-refractivity contribution in [2.45, 2.75) is 0 Å². The Hall–Kier alpha value is -0.880. The van der Waals surface area contributed by atoms with E-state index in [1.807, 2.05) is 0 Å². The molecule has 0 bridgehead atoms. The molecule has 0 unspecified atom stereocenters. The molecule has 2 aromatic heterocycles. The highest BCUT2D eigenvalue weighted by Gasteiger charge is 1.99. The third-order valence-electron chi connectivity index (χ3n) is 1.35. The van der Waals surface area contributed by atoms with E-state index in [1.54, 1.807) is 11.4 Å². The van der Waals surface area contributed by atoms with Crippen molar-refractivity contribution >= 4 is 38.5 Å². The van der Waals surface area contributed by atoms with Crippen LogP contribution in [0, 0.1) is 0 Å². The first kappa shape index (κ1) is 9.21. The Balaban J connectivity index is 0.000000720. The number of H-pyrrole nitrogens is 2. The van der Waals surface area contributed by atoms with E-state index in [9.17, 15) is 9.59 Å². The fraction of sp³-hybridized carbons (Fsp3) is 0. The van der Waals surface area contributed by atoms with Crippen LogP contribution in [0.5, 0.6) is 0 Å². The van der Waals surface area contributed by atoms with Crippen molar-refractivity contribution in [3.8, 4) is 0 Å². The lowest BCUT2D eigenvalue weighted by Gasteiger charge is -1.84. The van der Waals surface area contributed by atoms with Gasteiger partial charge in [-0.3, -0.25) is 9.78 Å². The first-order chi connectivity index (χ1) is 5.27. The minimum atomic E-state index is -0.457. The molecule has 2 heterocycles. The van der Waals surface area contributed by atoms with Crippen LogP contribution in [0.4, 0.5) is 0 Å². The molecule has 6 heteroatoms. The Kier molecular flexibility index (Phi) is 2.49. The van der Waals surface area contributed by atoms with Gasteiger partial charge in [0.25, 0.3) is 5.56 Å². The van der Waals surface area contributed by atoms with Gasteiger partial charge in [-0.05, 0) is 11.4 Å². The molecule has 12 heavy (non-hydrogen) atoms. The largest absolute Gasteiger partial charge is 0.326 e. The Morgan fingerprint density at radius 2 is 2.00 bits per heavy atom.